The van der Waals surface area contributed by atoms with Crippen LogP contribution in [0.2, 0.25) is 0 Å². The SMILES string of the molecule is Fc1ccc(-c2ccoc2-c2cc(-c3ccccc3)oc2-c2ccccc2)cc1. The van der Waals surface area contributed by atoms with Crippen LogP contribution in [0.25, 0.3) is 45.1 Å². The van der Waals surface area contributed by atoms with Crippen LogP contribution >= 0.6 is 0 Å². The maximum Gasteiger partial charge on any atom is 0.145 e. The van der Waals surface area contributed by atoms with Gasteiger partial charge in [-0.3, -0.25) is 0 Å². The molecule has 0 N–H and O–H groups in total. The fraction of sp³-hybridized carbons (Fsp3) is 0. The molecular weight excluding hydrogens is 363 g/mol. The summed E-state index contributed by atoms with van der Waals surface area (Å²) < 4.78 is 25.6. The monoisotopic (exact) mass is 380 g/mol. The molecule has 3 aromatic carbocycles. The largest absolute Gasteiger partial charge is 0.464 e. The predicted octanol–water partition coefficient (Wildman–Crippen LogP) is 7.68. The molecule has 0 fully saturated rings. The first-order chi connectivity index (χ1) is 14.3. The molecule has 0 amide bonds. The van der Waals surface area contributed by atoms with Gasteiger partial charge in [-0.2, -0.15) is 0 Å². The first kappa shape index (κ1) is 17.3. The van der Waals surface area contributed by atoms with Crippen molar-refractivity contribution in [1.29, 1.82) is 0 Å². The third-order valence-corrected chi connectivity index (χ3v) is 4.89. The van der Waals surface area contributed by atoms with E-state index < -0.39 is 0 Å². The van der Waals surface area contributed by atoms with Gasteiger partial charge in [-0.05, 0) is 29.8 Å². The Balaban J connectivity index is 1.70. The number of halogens is 1. The van der Waals surface area contributed by atoms with Crippen LogP contribution in [0.3, 0.4) is 0 Å². The lowest BCUT2D eigenvalue weighted by Gasteiger charge is -2.04. The molecule has 0 atom stereocenters. The number of hydrogen-bond donors (Lipinski definition) is 0. The van der Waals surface area contributed by atoms with Gasteiger partial charge in [-0.15, -0.1) is 0 Å². The summed E-state index contributed by atoms with van der Waals surface area (Å²) in [6.07, 6.45) is 1.65. The number of furan rings is 2. The summed E-state index contributed by atoms with van der Waals surface area (Å²) in [7, 11) is 0. The molecule has 3 heteroatoms. The molecule has 5 rings (SSSR count). The summed E-state index contributed by atoms with van der Waals surface area (Å²) in [5.41, 5.74) is 4.59. The molecule has 2 nitrogen and oxygen atoms in total. The van der Waals surface area contributed by atoms with E-state index in [-0.39, 0.29) is 5.82 Å². The van der Waals surface area contributed by atoms with Gasteiger partial charge in [-0.1, -0.05) is 72.8 Å². The molecule has 5 aromatic rings. The van der Waals surface area contributed by atoms with E-state index in [1.807, 2.05) is 72.8 Å². The molecule has 29 heavy (non-hydrogen) atoms. The summed E-state index contributed by atoms with van der Waals surface area (Å²) >= 11 is 0. The molecule has 140 valence electrons. The summed E-state index contributed by atoms with van der Waals surface area (Å²) in [5, 5.41) is 0. The zero-order chi connectivity index (χ0) is 19.6. The van der Waals surface area contributed by atoms with E-state index in [2.05, 4.69) is 0 Å². The molecule has 0 aliphatic carbocycles. The van der Waals surface area contributed by atoms with E-state index in [0.717, 1.165) is 39.3 Å². The number of rotatable bonds is 4. The van der Waals surface area contributed by atoms with E-state index in [0.29, 0.717) is 5.76 Å². The van der Waals surface area contributed by atoms with Gasteiger partial charge in [0.1, 0.15) is 23.1 Å². The molecule has 0 unspecified atom stereocenters. The van der Waals surface area contributed by atoms with Gasteiger partial charge in [0.25, 0.3) is 0 Å². The normalized spacial score (nSPS) is 10.9. The van der Waals surface area contributed by atoms with E-state index in [1.54, 1.807) is 18.4 Å². The summed E-state index contributed by atoms with van der Waals surface area (Å²) in [4.78, 5) is 0. The molecule has 0 bridgehead atoms. The summed E-state index contributed by atoms with van der Waals surface area (Å²) in [6, 6.07) is 30.2. The highest BCUT2D eigenvalue weighted by Crippen LogP contribution is 2.42. The lowest BCUT2D eigenvalue weighted by atomic mass is 9.99. The van der Waals surface area contributed by atoms with E-state index in [9.17, 15) is 4.39 Å². The second kappa shape index (κ2) is 7.28. The topological polar surface area (TPSA) is 26.3 Å². The minimum Gasteiger partial charge on any atom is -0.464 e. The molecule has 0 aliphatic rings. The summed E-state index contributed by atoms with van der Waals surface area (Å²) in [6.45, 7) is 0. The van der Waals surface area contributed by atoms with E-state index in [1.165, 1.54) is 12.1 Å². The smallest absolute Gasteiger partial charge is 0.145 e. The minimum absolute atomic E-state index is 0.265. The van der Waals surface area contributed by atoms with Gasteiger partial charge < -0.3 is 8.83 Å². The molecule has 2 heterocycles. The predicted molar refractivity (Wildman–Crippen MR) is 113 cm³/mol. The quantitative estimate of drug-likeness (QED) is 0.320. The van der Waals surface area contributed by atoms with Crippen molar-refractivity contribution >= 4 is 0 Å². The zero-order valence-corrected chi connectivity index (χ0v) is 15.5. The van der Waals surface area contributed by atoms with Crippen LogP contribution in [-0.4, -0.2) is 0 Å². The van der Waals surface area contributed by atoms with Crippen LogP contribution in [0.5, 0.6) is 0 Å². The lowest BCUT2D eigenvalue weighted by molar-refractivity contribution is 0.576. The average molecular weight is 380 g/mol. The highest BCUT2D eigenvalue weighted by atomic mass is 19.1. The molecule has 0 saturated heterocycles. The maximum absolute atomic E-state index is 13.4. The standard InChI is InChI=1S/C26H17FO2/c27-21-13-11-18(12-14-21)22-15-16-28-26(22)23-17-24(19-7-3-1-4-8-19)29-25(23)20-9-5-2-6-10-20/h1-17H. The molecular formula is C26H17FO2. The van der Waals surface area contributed by atoms with E-state index in [4.69, 9.17) is 8.83 Å². The average Bonchev–Trinajstić information content (AvgIpc) is 3.43. The second-order valence-electron chi connectivity index (χ2n) is 6.76. The molecule has 2 aromatic heterocycles. The van der Waals surface area contributed by atoms with Crippen LogP contribution < -0.4 is 0 Å². The lowest BCUT2D eigenvalue weighted by Crippen LogP contribution is -1.82. The first-order valence-electron chi connectivity index (χ1n) is 9.38. The number of hydrogen-bond acceptors (Lipinski definition) is 2. The molecule has 0 saturated carbocycles. The van der Waals surface area contributed by atoms with Crippen molar-refractivity contribution in [3.05, 3.63) is 109 Å². The molecule has 0 aliphatic heterocycles. The second-order valence-corrected chi connectivity index (χ2v) is 6.76. The van der Waals surface area contributed by atoms with Crippen LogP contribution in [0, 0.1) is 5.82 Å². The van der Waals surface area contributed by atoms with Gasteiger partial charge in [0.15, 0.2) is 0 Å². The minimum atomic E-state index is -0.265. The van der Waals surface area contributed by atoms with E-state index >= 15 is 0 Å². The van der Waals surface area contributed by atoms with Gasteiger partial charge in [0.2, 0.25) is 0 Å². The number of benzene rings is 3. The Bertz CT molecular complexity index is 1230. The van der Waals surface area contributed by atoms with Crippen LogP contribution in [-0.2, 0) is 0 Å². The highest BCUT2D eigenvalue weighted by molar-refractivity contribution is 5.88. The Labute approximate surface area is 167 Å². The van der Waals surface area contributed by atoms with Crippen molar-refractivity contribution in [2.24, 2.45) is 0 Å². The fourth-order valence-electron chi connectivity index (χ4n) is 3.48. The Kier molecular flexibility index (Phi) is 4.34. The van der Waals surface area contributed by atoms with Crippen molar-refractivity contribution in [2.75, 3.05) is 0 Å². The summed E-state index contributed by atoms with van der Waals surface area (Å²) in [5.74, 6) is 1.93. The third kappa shape index (κ3) is 3.27. The van der Waals surface area contributed by atoms with Crippen molar-refractivity contribution in [1.82, 2.24) is 0 Å². The Hall–Kier alpha value is -3.85. The first-order valence-corrected chi connectivity index (χ1v) is 9.38. The van der Waals surface area contributed by atoms with Gasteiger partial charge >= 0.3 is 0 Å². The van der Waals surface area contributed by atoms with Crippen molar-refractivity contribution in [3.8, 4) is 45.1 Å². The van der Waals surface area contributed by atoms with Crippen molar-refractivity contribution in [2.45, 2.75) is 0 Å². The fourth-order valence-corrected chi connectivity index (χ4v) is 3.48. The highest BCUT2D eigenvalue weighted by Gasteiger charge is 2.21. The van der Waals surface area contributed by atoms with Crippen LogP contribution in [0.1, 0.15) is 0 Å². The Morgan fingerprint density at radius 2 is 1.21 bits per heavy atom. The maximum atomic E-state index is 13.4. The molecule has 0 radical (unpaired) electrons. The van der Waals surface area contributed by atoms with Gasteiger partial charge in [-0.25, -0.2) is 4.39 Å². The van der Waals surface area contributed by atoms with Gasteiger partial charge in [0.05, 0.1) is 11.8 Å². The third-order valence-electron chi connectivity index (χ3n) is 4.89. The van der Waals surface area contributed by atoms with Crippen molar-refractivity contribution < 1.29 is 13.2 Å². The van der Waals surface area contributed by atoms with Gasteiger partial charge in [0, 0.05) is 16.7 Å². The van der Waals surface area contributed by atoms with Crippen molar-refractivity contribution in [3.63, 3.8) is 0 Å². The van der Waals surface area contributed by atoms with Crippen LogP contribution in [0.15, 0.2) is 112 Å². The zero-order valence-electron chi connectivity index (χ0n) is 15.5. The van der Waals surface area contributed by atoms with Crippen LogP contribution in [0.4, 0.5) is 4.39 Å². The Morgan fingerprint density at radius 3 is 1.90 bits per heavy atom. The Morgan fingerprint density at radius 1 is 0.552 bits per heavy atom. The molecule has 0 spiro atoms.